The van der Waals surface area contributed by atoms with Crippen LogP contribution < -0.4 is 19.7 Å². The number of halogens is 1. The Kier molecular flexibility index (Phi) is 8.76. The second kappa shape index (κ2) is 13.0. The molecule has 2 atom stereocenters. The van der Waals surface area contributed by atoms with E-state index in [1.165, 1.54) is 36.0 Å². The van der Waals surface area contributed by atoms with E-state index >= 15 is 0 Å². The molecular weight excluding hydrogens is 523 g/mol. The summed E-state index contributed by atoms with van der Waals surface area (Å²) in [7, 11) is 0. The van der Waals surface area contributed by atoms with Gasteiger partial charge in [-0.2, -0.15) is 0 Å². The van der Waals surface area contributed by atoms with Crippen molar-refractivity contribution in [1.29, 1.82) is 0 Å². The first-order valence-electron chi connectivity index (χ1n) is 15.3. The summed E-state index contributed by atoms with van der Waals surface area (Å²) in [6.45, 7) is 5.54. The van der Waals surface area contributed by atoms with Crippen LogP contribution in [0, 0.1) is 5.82 Å². The van der Waals surface area contributed by atoms with Gasteiger partial charge < -0.3 is 19.7 Å². The van der Waals surface area contributed by atoms with Crippen molar-refractivity contribution in [3.05, 3.63) is 125 Å². The zero-order valence-corrected chi connectivity index (χ0v) is 24.5. The molecule has 0 bridgehead atoms. The van der Waals surface area contributed by atoms with Crippen LogP contribution >= 0.6 is 0 Å². The van der Waals surface area contributed by atoms with Gasteiger partial charge in [0.2, 0.25) is 0 Å². The summed E-state index contributed by atoms with van der Waals surface area (Å²) in [6.07, 6.45) is 6.54. The number of anilines is 1. The quantitative estimate of drug-likeness (QED) is 0.211. The van der Waals surface area contributed by atoms with Crippen molar-refractivity contribution in [3.63, 3.8) is 0 Å². The Morgan fingerprint density at radius 1 is 0.857 bits per heavy atom. The number of hydrogen-bond donors (Lipinski definition) is 1. The molecule has 0 amide bonds. The van der Waals surface area contributed by atoms with Gasteiger partial charge >= 0.3 is 0 Å². The maximum absolute atomic E-state index is 13.8. The molecule has 4 nitrogen and oxygen atoms in total. The van der Waals surface area contributed by atoms with E-state index < -0.39 is 0 Å². The van der Waals surface area contributed by atoms with Crippen LogP contribution in [-0.4, -0.2) is 25.2 Å². The Labute approximate surface area is 249 Å². The zero-order chi connectivity index (χ0) is 28.8. The molecule has 2 aliphatic heterocycles. The first kappa shape index (κ1) is 28.3. The molecule has 5 heteroatoms. The summed E-state index contributed by atoms with van der Waals surface area (Å²) in [5, 5.41) is 3.67. The third-order valence-corrected chi connectivity index (χ3v) is 8.86. The van der Waals surface area contributed by atoms with E-state index in [4.69, 9.17) is 9.47 Å². The Hall–Kier alpha value is -3.83. The van der Waals surface area contributed by atoms with Gasteiger partial charge in [0.05, 0.1) is 12.6 Å². The van der Waals surface area contributed by atoms with Crippen LogP contribution in [0.1, 0.15) is 60.9 Å². The molecule has 1 saturated heterocycles. The molecular formula is C37H41FN2O2. The molecule has 1 N–H and O–H groups in total. The summed E-state index contributed by atoms with van der Waals surface area (Å²) in [6, 6.07) is 32.3. The summed E-state index contributed by atoms with van der Waals surface area (Å²) in [5.74, 6) is 1.60. The lowest BCUT2D eigenvalue weighted by Crippen LogP contribution is -2.46. The number of nitrogens with one attached hydrogen (secondary N) is 1. The van der Waals surface area contributed by atoms with Crippen LogP contribution in [0.3, 0.4) is 0 Å². The molecule has 4 aromatic rings. The lowest BCUT2D eigenvalue weighted by molar-refractivity contribution is 0.204. The first-order valence-corrected chi connectivity index (χ1v) is 15.3. The van der Waals surface area contributed by atoms with Crippen LogP contribution in [0.4, 0.5) is 10.1 Å². The molecule has 1 fully saturated rings. The number of rotatable bonds is 10. The SMILES string of the molecule is CC1(CCOc2ccc(CC3c4ccc(OCc5ccccc5)cc4CCN3c3ccc(F)cc3)cc2)CCCCN1. The van der Waals surface area contributed by atoms with Gasteiger partial charge in [-0.15, -0.1) is 0 Å². The largest absolute Gasteiger partial charge is 0.494 e. The maximum Gasteiger partial charge on any atom is 0.123 e. The molecule has 2 unspecified atom stereocenters. The van der Waals surface area contributed by atoms with Gasteiger partial charge in [-0.3, -0.25) is 0 Å². The van der Waals surface area contributed by atoms with E-state index in [0.717, 1.165) is 55.1 Å². The van der Waals surface area contributed by atoms with Crippen molar-refractivity contribution in [2.24, 2.45) is 0 Å². The molecule has 0 aliphatic carbocycles. The fourth-order valence-corrected chi connectivity index (χ4v) is 6.35. The van der Waals surface area contributed by atoms with Crippen molar-refractivity contribution in [3.8, 4) is 11.5 Å². The molecule has 6 rings (SSSR count). The van der Waals surface area contributed by atoms with Crippen molar-refractivity contribution in [2.45, 2.75) is 63.6 Å². The lowest BCUT2D eigenvalue weighted by Gasteiger charge is -2.39. The minimum atomic E-state index is -0.211. The van der Waals surface area contributed by atoms with Crippen LogP contribution in [0.2, 0.25) is 0 Å². The van der Waals surface area contributed by atoms with Crippen LogP contribution in [0.25, 0.3) is 0 Å². The summed E-state index contributed by atoms with van der Waals surface area (Å²) in [4.78, 5) is 2.41. The molecule has 0 saturated carbocycles. The Balaban J connectivity index is 1.17. The highest BCUT2D eigenvalue weighted by Crippen LogP contribution is 2.38. The second-order valence-electron chi connectivity index (χ2n) is 12.0. The highest BCUT2D eigenvalue weighted by molar-refractivity contribution is 5.54. The van der Waals surface area contributed by atoms with Gasteiger partial charge in [-0.1, -0.05) is 55.0 Å². The van der Waals surface area contributed by atoms with Crippen LogP contribution in [0.5, 0.6) is 11.5 Å². The number of benzene rings is 4. The van der Waals surface area contributed by atoms with Gasteiger partial charge in [0.25, 0.3) is 0 Å². The number of fused-ring (bicyclic) bond motifs is 1. The molecule has 2 aliphatic rings. The van der Waals surface area contributed by atoms with E-state index in [-0.39, 0.29) is 17.4 Å². The van der Waals surface area contributed by atoms with E-state index in [9.17, 15) is 4.39 Å². The van der Waals surface area contributed by atoms with Crippen LogP contribution in [-0.2, 0) is 19.4 Å². The minimum Gasteiger partial charge on any atom is -0.494 e. The second-order valence-corrected chi connectivity index (χ2v) is 12.0. The van der Waals surface area contributed by atoms with Crippen molar-refractivity contribution < 1.29 is 13.9 Å². The average Bonchev–Trinajstić information content (AvgIpc) is 3.02. The highest BCUT2D eigenvalue weighted by atomic mass is 19.1. The molecule has 2 heterocycles. The monoisotopic (exact) mass is 564 g/mol. The highest BCUT2D eigenvalue weighted by Gasteiger charge is 2.29. The molecule has 0 radical (unpaired) electrons. The number of piperidine rings is 1. The van der Waals surface area contributed by atoms with Crippen molar-refractivity contribution in [2.75, 3.05) is 24.6 Å². The Morgan fingerprint density at radius 3 is 2.40 bits per heavy atom. The van der Waals surface area contributed by atoms with Crippen molar-refractivity contribution >= 4 is 5.69 Å². The first-order chi connectivity index (χ1) is 20.5. The van der Waals surface area contributed by atoms with Gasteiger partial charge in [0, 0.05) is 17.8 Å². The van der Waals surface area contributed by atoms with E-state index in [1.807, 2.05) is 30.3 Å². The van der Waals surface area contributed by atoms with Gasteiger partial charge in [-0.05, 0) is 116 Å². The lowest BCUT2D eigenvalue weighted by atomic mass is 9.88. The number of hydrogen-bond acceptors (Lipinski definition) is 4. The summed E-state index contributed by atoms with van der Waals surface area (Å²) < 4.78 is 26.1. The number of ether oxygens (including phenoxy) is 2. The van der Waals surface area contributed by atoms with Gasteiger partial charge in [0.1, 0.15) is 23.9 Å². The third-order valence-electron chi connectivity index (χ3n) is 8.86. The molecule has 42 heavy (non-hydrogen) atoms. The molecule has 0 spiro atoms. The summed E-state index contributed by atoms with van der Waals surface area (Å²) in [5.41, 5.74) is 6.24. The standard InChI is InChI=1S/C37H41FN2O2/c1-37(20-5-6-22-39-37)21-24-41-33-15-9-28(10-16-33)25-36-35-18-17-34(42-27-29-7-3-2-4-8-29)26-30(35)19-23-40(36)32-13-11-31(38)12-14-32/h2-4,7-18,26,36,39H,5-6,19-25,27H2,1H3. The molecule has 4 aromatic carbocycles. The molecule has 218 valence electrons. The smallest absolute Gasteiger partial charge is 0.123 e. The maximum atomic E-state index is 13.8. The average molecular weight is 565 g/mol. The normalized spacial score (nSPS) is 20.1. The van der Waals surface area contributed by atoms with E-state index in [0.29, 0.717) is 13.2 Å². The van der Waals surface area contributed by atoms with Gasteiger partial charge in [0.15, 0.2) is 0 Å². The van der Waals surface area contributed by atoms with E-state index in [1.54, 1.807) is 12.1 Å². The van der Waals surface area contributed by atoms with Crippen molar-refractivity contribution in [1.82, 2.24) is 5.32 Å². The van der Waals surface area contributed by atoms with Gasteiger partial charge in [-0.25, -0.2) is 4.39 Å². The Bertz CT molecular complexity index is 1430. The fraction of sp³-hybridized carbons (Fsp3) is 0.351. The third kappa shape index (κ3) is 6.96. The van der Waals surface area contributed by atoms with E-state index in [2.05, 4.69) is 71.7 Å². The number of nitrogens with zero attached hydrogens (tertiary/aromatic N) is 1. The predicted octanol–water partition coefficient (Wildman–Crippen LogP) is 8.05. The minimum absolute atomic E-state index is 0.131. The van der Waals surface area contributed by atoms with Crippen LogP contribution in [0.15, 0.2) is 97.1 Å². The fourth-order valence-electron chi connectivity index (χ4n) is 6.35. The molecule has 0 aromatic heterocycles. The predicted molar refractivity (Wildman–Crippen MR) is 168 cm³/mol. The topological polar surface area (TPSA) is 33.7 Å². The summed E-state index contributed by atoms with van der Waals surface area (Å²) >= 11 is 0. The zero-order valence-electron chi connectivity index (χ0n) is 24.5. The Morgan fingerprint density at radius 2 is 1.64 bits per heavy atom.